The minimum absolute atomic E-state index is 0.00846. The predicted octanol–water partition coefficient (Wildman–Crippen LogP) is 1.24. The number of nitrogens with one attached hydrogen (secondary N) is 1. The summed E-state index contributed by atoms with van der Waals surface area (Å²) in [6.07, 6.45) is 2.39. The fourth-order valence-corrected chi connectivity index (χ4v) is 4.14. The Bertz CT molecular complexity index is 635. The molecule has 2 atom stereocenters. The smallest absolute Gasteiger partial charge is 0.359 e. The number of fused-ring (bicyclic) bond motifs is 1. The topological polar surface area (TPSA) is 89.5 Å². The summed E-state index contributed by atoms with van der Waals surface area (Å²) in [5.74, 6) is 1.40. The van der Waals surface area contributed by atoms with Gasteiger partial charge in [-0.15, -0.1) is 0 Å². The molecule has 3 rings (SSSR count). The molecule has 9 heteroatoms. The number of aromatic nitrogens is 2. The highest BCUT2D eigenvalue weighted by molar-refractivity contribution is 7.85. The highest BCUT2D eigenvalue weighted by Crippen LogP contribution is 2.29. The molecule has 1 N–H and O–H groups in total. The van der Waals surface area contributed by atoms with E-state index in [1.165, 1.54) is 15.7 Å². The lowest BCUT2D eigenvalue weighted by Gasteiger charge is -2.08. The third-order valence-corrected chi connectivity index (χ3v) is 5.05. The number of hydrogen-bond acceptors (Lipinski definition) is 6. The third kappa shape index (κ3) is 1.89. The van der Waals surface area contributed by atoms with Crippen LogP contribution in [0.5, 0.6) is 0 Å². The molecule has 0 unspecified atom stereocenters. The van der Waals surface area contributed by atoms with Gasteiger partial charge < -0.3 is 15.4 Å². The first-order valence-electron chi connectivity index (χ1n) is 5.36. The van der Waals surface area contributed by atoms with E-state index in [4.69, 9.17) is 0 Å². The van der Waals surface area contributed by atoms with Crippen molar-refractivity contribution in [3.05, 3.63) is 21.7 Å². The normalized spacial score (nSPS) is 23.6. The molecule has 0 aliphatic carbocycles. The van der Waals surface area contributed by atoms with Crippen LogP contribution in [-0.2, 0) is 10.8 Å². The number of nitrogens with zero attached hydrogens (tertiary/aromatic N) is 3. The Balaban J connectivity index is 1.95. The van der Waals surface area contributed by atoms with E-state index < -0.39 is 15.7 Å². The Morgan fingerprint density at radius 2 is 2.50 bits per heavy atom. The molecule has 1 aliphatic heterocycles. The van der Waals surface area contributed by atoms with Crippen LogP contribution in [0.2, 0.25) is 0 Å². The van der Waals surface area contributed by atoms with Crippen LogP contribution in [-0.4, -0.2) is 36.1 Å². The molecule has 0 amide bonds. The second-order valence-corrected chi connectivity index (χ2v) is 6.53. The summed E-state index contributed by atoms with van der Waals surface area (Å²) < 4.78 is 12.8. The molecule has 2 aromatic heterocycles. The average Bonchev–Trinajstić information content (AvgIpc) is 2.93. The van der Waals surface area contributed by atoms with E-state index in [0.717, 1.165) is 6.42 Å². The lowest BCUT2D eigenvalue weighted by Crippen LogP contribution is -2.20. The van der Waals surface area contributed by atoms with Gasteiger partial charge in [0.2, 0.25) is 5.82 Å². The molecule has 0 bridgehead atoms. The number of rotatable bonds is 3. The Morgan fingerprint density at radius 3 is 3.17 bits per heavy atom. The zero-order valence-electron chi connectivity index (χ0n) is 9.24. The number of anilines is 1. The molecule has 0 spiro atoms. The van der Waals surface area contributed by atoms with Gasteiger partial charge >= 0.3 is 5.82 Å². The van der Waals surface area contributed by atoms with Crippen LogP contribution < -0.4 is 5.32 Å². The van der Waals surface area contributed by atoms with Gasteiger partial charge in [0.25, 0.3) is 4.96 Å². The maximum absolute atomic E-state index is 11.3. The van der Waals surface area contributed by atoms with Gasteiger partial charge in [-0.25, -0.2) is 0 Å². The van der Waals surface area contributed by atoms with Crippen molar-refractivity contribution in [1.29, 1.82) is 0 Å². The molecular weight excluding hydrogens is 276 g/mol. The number of imidazole rings is 1. The highest BCUT2D eigenvalue weighted by atomic mass is 32.2. The SMILES string of the molecule is O=[N+]([O-])c1c(N[C@@H]2CC[S@](=O)C2)nc2sccn12. The van der Waals surface area contributed by atoms with E-state index in [1.54, 1.807) is 11.6 Å². The molecule has 0 saturated carbocycles. The van der Waals surface area contributed by atoms with Gasteiger partial charge in [-0.2, -0.15) is 9.38 Å². The largest absolute Gasteiger partial charge is 0.372 e. The van der Waals surface area contributed by atoms with Gasteiger partial charge in [0, 0.05) is 33.7 Å². The van der Waals surface area contributed by atoms with Gasteiger partial charge in [-0.1, -0.05) is 11.3 Å². The third-order valence-electron chi connectivity index (χ3n) is 2.83. The molecule has 0 radical (unpaired) electrons. The minimum Gasteiger partial charge on any atom is -0.359 e. The quantitative estimate of drug-likeness (QED) is 0.677. The summed E-state index contributed by atoms with van der Waals surface area (Å²) in [6.45, 7) is 0. The van der Waals surface area contributed by atoms with E-state index in [9.17, 15) is 14.3 Å². The summed E-state index contributed by atoms with van der Waals surface area (Å²) >= 11 is 1.35. The monoisotopic (exact) mass is 286 g/mol. The molecule has 1 saturated heterocycles. The highest BCUT2D eigenvalue weighted by Gasteiger charge is 2.28. The molecule has 18 heavy (non-hydrogen) atoms. The van der Waals surface area contributed by atoms with Crippen molar-refractivity contribution >= 4 is 38.7 Å². The Morgan fingerprint density at radius 1 is 1.67 bits per heavy atom. The van der Waals surface area contributed by atoms with E-state index in [1.807, 2.05) is 0 Å². The molecule has 7 nitrogen and oxygen atoms in total. The number of nitro groups is 1. The summed E-state index contributed by atoms with van der Waals surface area (Å²) in [4.78, 5) is 15.4. The summed E-state index contributed by atoms with van der Waals surface area (Å²) in [6, 6.07) is 0.00846. The van der Waals surface area contributed by atoms with Crippen molar-refractivity contribution < 1.29 is 9.13 Å². The molecular formula is C9H10N4O3S2. The van der Waals surface area contributed by atoms with Gasteiger partial charge in [-0.3, -0.25) is 4.21 Å². The first-order chi connectivity index (χ1) is 8.65. The van der Waals surface area contributed by atoms with Gasteiger partial charge in [0.05, 0.1) is 0 Å². The van der Waals surface area contributed by atoms with Gasteiger partial charge in [0.15, 0.2) is 0 Å². The van der Waals surface area contributed by atoms with Gasteiger partial charge in [0.1, 0.15) is 6.20 Å². The zero-order chi connectivity index (χ0) is 12.7. The van der Waals surface area contributed by atoms with E-state index in [0.29, 0.717) is 16.5 Å². The standard InChI is InChI=1S/C9H10N4O3S2/c14-13(15)8-7(10-6-1-4-18(16)5-6)11-9-12(8)2-3-17-9/h2-3,6,10H,1,4-5H2/t6-,18+/m1/s1. The van der Waals surface area contributed by atoms with E-state index in [2.05, 4.69) is 10.3 Å². The molecule has 3 heterocycles. The minimum atomic E-state index is -0.816. The van der Waals surface area contributed by atoms with Crippen molar-refractivity contribution in [3.8, 4) is 0 Å². The molecule has 2 aromatic rings. The van der Waals surface area contributed by atoms with Crippen molar-refractivity contribution in [2.45, 2.75) is 12.5 Å². The lowest BCUT2D eigenvalue weighted by atomic mass is 10.3. The fourth-order valence-electron chi connectivity index (χ4n) is 2.02. The molecule has 0 aromatic carbocycles. The van der Waals surface area contributed by atoms with Crippen molar-refractivity contribution in [1.82, 2.24) is 9.38 Å². The van der Waals surface area contributed by atoms with Crippen LogP contribution in [0.15, 0.2) is 11.6 Å². The summed E-state index contributed by atoms with van der Waals surface area (Å²) in [5.41, 5.74) is 0. The van der Waals surface area contributed by atoms with Crippen molar-refractivity contribution in [2.24, 2.45) is 0 Å². The average molecular weight is 286 g/mol. The van der Waals surface area contributed by atoms with Crippen LogP contribution in [0.1, 0.15) is 6.42 Å². The van der Waals surface area contributed by atoms with Crippen molar-refractivity contribution in [3.63, 3.8) is 0 Å². The molecule has 1 fully saturated rings. The van der Waals surface area contributed by atoms with Crippen LogP contribution in [0.25, 0.3) is 4.96 Å². The Labute approximate surface area is 108 Å². The molecule has 96 valence electrons. The Kier molecular flexibility index (Phi) is 2.78. The van der Waals surface area contributed by atoms with Crippen LogP contribution in [0.3, 0.4) is 0 Å². The van der Waals surface area contributed by atoms with Crippen LogP contribution >= 0.6 is 11.3 Å². The second-order valence-electron chi connectivity index (χ2n) is 4.04. The Hall–Kier alpha value is -1.48. The number of hydrogen-bond donors (Lipinski definition) is 1. The van der Waals surface area contributed by atoms with E-state index in [-0.39, 0.29) is 17.7 Å². The summed E-state index contributed by atoms with van der Waals surface area (Å²) in [5, 5.41) is 15.9. The van der Waals surface area contributed by atoms with Gasteiger partial charge in [-0.05, 0) is 11.3 Å². The predicted molar refractivity (Wildman–Crippen MR) is 69.6 cm³/mol. The van der Waals surface area contributed by atoms with Crippen molar-refractivity contribution in [2.75, 3.05) is 16.8 Å². The van der Waals surface area contributed by atoms with Crippen LogP contribution in [0.4, 0.5) is 11.6 Å². The first-order valence-corrected chi connectivity index (χ1v) is 7.73. The van der Waals surface area contributed by atoms with E-state index >= 15 is 0 Å². The summed E-state index contributed by atoms with van der Waals surface area (Å²) in [7, 11) is -0.816. The zero-order valence-corrected chi connectivity index (χ0v) is 10.9. The fraction of sp³-hybridized carbons (Fsp3) is 0.444. The van der Waals surface area contributed by atoms with Crippen LogP contribution in [0, 0.1) is 10.1 Å². The number of thiazole rings is 1. The maximum atomic E-state index is 11.3. The second kappa shape index (κ2) is 4.32. The first kappa shape index (κ1) is 11.6. The molecule has 1 aliphatic rings. The lowest BCUT2D eigenvalue weighted by molar-refractivity contribution is -0.389. The maximum Gasteiger partial charge on any atom is 0.372 e.